The van der Waals surface area contributed by atoms with Crippen molar-refractivity contribution in [3.05, 3.63) is 104 Å². The maximum absolute atomic E-state index is 13.6. The van der Waals surface area contributed by atoms with Crippen LogP contribution in [-0.2, 0) is 18.4 Å². The summed E-state index contributed by atoms with van der Waals surface area (Å²) in [5.41, 5.74) is 1.58. The molecule has 0 unspecified atom stereocenters. The van der Waals surface area contributed by atoms with E-state index in [0.29, 0.717) is 25.8 Å². The summed E-state index contributed by atoms with van der Waals surface area (Å²) >= 11 is 2.58. The number of hydrogen-bond donors (Lipinski definition) is 1. The largest absolute Gasteiger partial charge is 0.350 e. The van der Waals surface area contributed by atoms with Gasteiger partial charge >= 0.3 is 5.82 Å². The topological polar surface area (TPSA) is 72.7 Å². The van der Waals surface area contributed by atoms with E-state index in [9.17, 15) is 9.59 Å². The summed E-state index contributed by atoms with van der Waals surface area (Å²) in [7, 11) is 3.80. The lowest BCUT2D eigenvalue weighted by atomic mass is 10.2. The van der Waals surface area contributed by atoms with E-state index in [1.807, 2.05) is 103 Å². The molecule has 0 saturated carbocycles. The first-order valence-corrected chi connectivity index (χ1v) is 12.3. The number of amides is 1. The molecule has 3 aromatic rings. The molecule has 1 N–H and O–H groups in total. The lowest BCUT2D eigenvalue weighted by molar-refractivity contribution is -0.658. The zero-order valence-corrected chi connectivity index (χ0v) is 20.3. The number of pyridine rings is 1. The molecule has 2 aliphatic rings. The van der Waals surface area contributed by atoms with E-state index in [2.05, 4.69) is 4.98 Å². The van der Waals surface area contributed by atoms with Crippen molar-refractivity contribution in [1.29, 1.82) is 0 Å². The molecule has 9 heteroatoms. The highest BCUT2D eigenvalue weighted by Crippen LogP contribution is 2.33. The van der Waals surface area contributed by atoms with Gasteiger partial charge in [-0.2, -0.15) is 0 Å². The lowest BCUT2D eigenvalue weighted by Gasteiger charge is -2.16. The molecule has 2 aliphatic heterocycles. The highest BCUT2D eigenvalue weighted by molar-refractivity contribution is 8.23. The van der Waals surface area contributed by atoms with Gasteiger partial charge in [-0.25, -0.2) is 4.57 Å². The molecule has 34 heavy (non-hydrogen) atoms. The number of thiazole rings is 1. The van der Waals surface area contributed by atoms with Crippen LogP contribution in [0.1, 0.15) is 5.56 Å². The van der Waals surface area contributed by atoms with Crippen LogP contribution in [0.15, 0.2) is 88.9 Å². The molecule has 2 aromatic heterocycles. The molecule has 0 radical (unpaired) electrons. The molecule has 5 rings (SSSR count). The molecular formula is C25H22N5O2S2+. The third-order valence-corrected chi connectivity index (χ3v) is 7.73. The van der Waals surface area contributed by atoms with E-state index in [4.69, 9.17) is 4.99 Å². The summed E-state index contributed by atoms with van der Waals surface area (Å²) in [4.78, 5) is 38.1. The number of carbonyl (C=O) groups excluding carboxylic acids is 1. The number of H-pyrrole nitrogens is 1. The molecule has 0 bridgehead atoms. The molecule has 1 amide bonds. The zero-order valence-electron chi connectivity index (χ0n) is 18.6. The van der Waals surface area contributed by atoms with Crippen LogP contribution >= 0.6 is 23.1 Å². The van der Waals surface area contributed by atoms with Gasteiger partial charge in [0.1, 0.15) is 14.1 Å². The van der Waals surface area contributed by atoms with Gasteiger partial charge in [-0.05, 0) is 40.5 Å². The van der Waals surface area contributed by atoms with E-state index in [1.165, 1.54) is 23.1 Å². The Morgan fingerprint density at radius 2 is 1.85 bits per heavy atom. The second-order valence-corrected chi connectivity index (χ2v) is 9.78. The Labute approximate surface area is 204 Å². The maximum atomic E-state index is 13.6. The van der Waals surface area contributed by atoms with Gasteiger partial charge in [0.05, 0.1) is 25.5 Å². The second-order valence-electron chi connectivity index (χ2n) is 7.78. The Kier molecular flexibility index (Phi) is 6.04. The van der Waals surface area contributed by atoms with Gasteiger partial charge in [-0.15, -0.1) is 11.3 Å². The van der Waals surface area contributed by atoms with Gasteiger partial charge in [-0.1, -0.05) is 42.5 Å². The number of likely N-dealkylation sites (N-methyl/N-ethyl adjacent to an activating group) is 1. The highest BCUT2D eigenvalue weighted by Gasteiger charge is 2.38. The number of allylic oxidation sites excluding steroid dienone is 2. The lowest BCUT2D eigenvalue weighted by Crippen LogP contribution is -2.31. The average Bonchev–Trinajstić information content (AvgIpc) is 3.36. The van der Waals surface area contributed by atoms with E-state index < -0.39 is 0 Å². The Morgan fingerprint density at radius 1 is 1.06 bits per heavy atom. The van der Waals surface area contributed by atoms with Gasteiger partial charge in [0, 0.05) is 19.3 Å². The summed E-state index contributed by atoms with van der Waals surface area (Å²) in [6, 6.07) is 15.6. The number of nitrogens with zero attached hydrogens (tertiary/aromatic N) is 4. The van der Waals surface area contributed by atoms with E-state index in [-0.39, 0.29) is 11.5 Å². The van der Waals surface area contributed by atoms with Crippen molar-refractivity contribution in [2.24, 2.45) is 12.0 Å². The number of benzene rings is 1. The van der Waals surface area contributed by atoms with Crippen LogP contribution in [0, 0.1) is 0 Å². The summed E-state index contributed by atoms with van der Waals surface area (Å²) in [6.45, 7) is 0.391. The van der Waals surface area contributed by atoms with E-state index in [0.717, 1.165) is 17.1 Å². The summed E-state index contributed by atoms with van der Waals surface area (Å²) in [5.74, 6) is 0.557. The number of hydrogen-bond acceptors (Lipinski definition) is 6. The number of amidine groups is 1. The van der Waals surface area contributed by atoms with Crippen LogP contribution in [0.5, 0.6) is 0 Å². The number of rotatable bonds is 3. The van der Waals surface area contributed by atoms with Crippen LogP contribution < -0.4 is 19.3 Å². The minimum absolute atomic E-state index is 0.173. The summed E-state index contributed by atoms with van der Waals surface area (Å²) in [6.07, 6.45) is 9.50. The van der Waals surface area contributed by atoms with Crippen LogP contribution in [0.4, 0.5) is 5.82 Å². The van der Waals surface area contributed by atoms with Crippen molar-refractivity contribution in [3.63, 3.8) is 0 Å². The van der Waals surface area contributed by atoms with Crippen LogP contribution in [0.25, 0.3) is 10.6 Å². The molecule has 7 nitrogen and oxygen atoms in total. The van der Waals surface area contributed by atoms with Crippen molar-refractivity contribution in [1.82, 2.24) is 14.8 Å². The van der Waals surface area contributed by atoms with Gasteiger partial charge in [0.2, 0.25) is 0 Å². The SMILES string of the molecule is CN1C=CC=C/C1=c1/s/c(=C2\S/C(=N\c3cccc[n+]3C)N(Cc3ccccc3)C2=O)[nH]c1=O. The molecule has 1 aromatic carbocycles. The van der Waals surface area contributed by atoms with E-state index >= 15 is 0 Å². The Hall–Kier alpha value is -3.69. The van der Waals surface area contributed by atoms with Crippen LogP contribution in [-0.4, -0.2) is 32.9 Å². The third kappa shape index (κ3) is 4.27. The van der Waals surface area contributed by atoms with Crippen molar-refractivity contribution < 1.29 is 9.36 Å². The summed E-state index contributed by atoms with van der Waals surface area (Å²) < 4.78 is 3.00. The first kappa shape index (κ1) is 22.1. The van der Waals surface area contributed by atoms with Crippen molar-refractivity contribution in [3.8, 4) is 0 Å². The standard InChI is InChI=1S/C25H21N5O2S2/c1-28-14-8-6-12-18(28)20-22(31)27-23(33-20)21-24(32)30(16-17-10-4-3-5-11-17)25(34-21)26-19-13-7-9-15-29(19)2/h3-15H,16H2,1-2H3/p+1/b20-18-. The predicted molar refractivity (Wildman–Crippen MR) is 136 cm³/mol. The van der Waals surface area contributed by atoms with Crippen LogP contribution in [0.3, 0.4) is 0 Å². The minimum Gasteiger partial charge on any atom is -0.350 e. The average molecular weight is 489 g/mol. The normalized spacial score (nSPS) is 20.1. The first-order chi connectivity index (χ1) is 16.5. The molecule has 1 fully saturated rings. The highest BCUT2D eigenvalue weighted by atomic mass is 32.2. The first-order valence-electron chi connectivity index (χ1n) is 10.6. The van der Waals surface area contributed by atoms with Gasteiger partial charge in [0.25, 0.3) is 16.6 Å². The number of aromatic amines is 1. The molecule has 170 valence electrons. The number of nitrogens with one attached hydrogen (secondary N) is 1. The second kappa shape index (κ2) is 9.28. The molecule has 4 heterocycles. The number of aromatic nitrogens is 2. The molecule has 0 aliphatic carbocycles. The van der Waals surface area contributed by atoms with Gasteiger partial charge in [0.15, 0.2) is 0 Å². The number of aryl methyl sites for hydroxylation is 1. The molecular weight excluding hydrogens is 466 g/mol. The maximum Gasteiger partial charge on any atom is 0.326 e. The van der Waals surface area contributed by atoms with Gasteiger partial charge in [-0.3, -0.25) is 14.5 Å². The Bertz CT molecular complexity index is 1530. The molecule has 0 atom stereocenters. The Balaban J connectivity index is 1.64. The predicted octanol–water partition coefficient (Wildman–Crippen LogP) is 1.96. The Morgan fingerprint density at radius 3 is 2.62 bits per heavy atom. The fourth-order valence-corrected chi connectivity index (χ4v) is 5.78. The van der Waals surface area contributed by atoms with Crippen molar-refractivity contribution >= 4 is 50.6 Å². The zero-order chi connectivity index (χ0) is 23.7. The number of thioether (sulfide) groups is 1. The summed E-state index contributed by atoms with van der Waals surface area (Å²) in [5, 5.41) is 0.576. The smallest absolute Gasteiger partial charge is 0.326 e. The fraction of sp³-hybridized carbons (Fsp3) is 0.120. The van der Waals surface area contributed by atoms with E-state index in [1.54, 1.807) is 4.90 Å². The van der Waals surface area contributed by atoms with Crippen LogP contribution in [0.2, 0.25) is 0 Å². The third-order valence-electron chi connectivity index (χ3n) is 5.42. The molecule has 0 spiro atoms. The minimum atomic E-state index is -0.211. The van der Waals surface area contributed by atoms with Gasteiger partial charge < -0.3 is 9.88 Å². The number of aliphatic imine (C=N–C) groups is 1. The quantitative estimate of drug-likeness (QED) is 0.572. The monoisotopic (exact) mass is 488 g/mol. The van der Waals surface area contributed by atoms with Crippen molar-refractivity contribution in [2.45, 2.75) is 6.54 Å². The van der Waals surface area contributed by atoms with Crippen molar-refractivity contribution in [2.75, 3.05) is 7.05 Å². The number of carbonyl (C=O) groups is 1. The molecule has 1 saturated heterocycles. The fourth-order valence-electron chi connectivity index (χ4n) is 3.62.